The molecule has 0 spiro atoms. The maximum Gasteiger partial charge on any atom is 0.255 e. The molecule has 29 heavy (non-hydrogen) atoms. The molecule has 2 fully saturated rings. The van der Waals surface area contributed by atoms with Crippen LogP contribution >= 0.6 is 0 Å². The number of hydrogen-bond donors (Lipinski definition) is 1. The second-order valence-corrected chi connectivity index (χ2v) is 9.03. The van der Waals surface area contributed by atoms with Crippen molar-refractivity contribution < 1.29 is 27.2 Å². The van der Waals surface area contributed by atoms with Gasteiger partial charge in [0.1, 0.15) is 5.82 Å². The Morgan fingerprint density at radius 2 is 1.79 bits per heavy atom. The molecule has 158 valence electrons. The first kappa shape index (κ1) is 20.2. The lowest BCUT2D eigenvalue weighted by atomic mass is 9.87. The molecule has 1 aliphatic carbocycles. The zero-order chi connectivity index (χ0) is 21.0. The minimum atomic E-state index is -2.53. The van der Waals surface area contributed by atoms with Crippen LogP contribution in [0.5, 0.6) is 0 Å². The van der Waals surface area contributed by atoms with E-state index in [2.05, 4.69) is 7.05 Å². The van der Waals surface area contributed by atoms with E-state index in [1.54, 1.807) is 4.90 Å². The van der Waals surface area contributed by atoms with Gasteiger partial charge in [-0.05, 0) is 17.7 Å². The number of likely N-dealkylation sites (tertiary alicyclic amines) is 1. The number of fused-ring (bicyclic) bond motifs is 1. The summed E-state index contributed by atoms with van der Waals surface area (Å²) in [6.07, 6.45) is 2.49. The molecule has 0 unspecified atom stereocenters. The molecule has 1 saturated carbocycles. The summed E-state index contributed by atoms with van der Waals surface area (Å²) in [6.45, 7) is 1.91. The van der Waals surface area contributed by atoms with Gasteiger partial charge in [-0.2, -0.15) is 0 Å². The maximum atomic E-state index is 13.8. The fraction of sp³-hybridized carbons (Fsp3) is 0.619. The minimum Gasteiger partial charge on any atom is -0.366 e. The molecular weight excluding hydrogens is 383 g/mol. The van der Waals surface area contributed by atoms with Gasteiger partial charge in [-0.1, -0.05) is 0 Å². The van der Waals surface area contributed by atoms with E-state index in [1.807, 2.05) is 0 Å². The fourth-order valence-electron chi connectivity index (χ4n) is 5.40. The zero-order valence-electron chi connectivity index (χ0n) is 16.6. The van der Waals surface area contributed by atoms with E-state index >= 15 is 0 Å². The number of rotatable bonds is 3. The van der Waals surface area contributed by atoms with Crippen molar-refractivity contribution in [2.45, 2.75) is 63.1 Å². The molecule has 1 aromatic rings. The molecule has 2 amide bonds. The topological polar surface area (TPSA) is 63.4 Å². The van der Waals surface area contributed by atoms with Gasteiger partial charge >= 0.3 is 0 Å². The van der Waals surface area contributed by atoms with Crippen LogP contribution in [-0.2, 0) is 6.54 Å². The number of nitrogens with zero attached hydrogens (tertiary/aromatic N) is 2. The van der Waals surface area contributed by atoms with Gasteiger partial charge in [0.15, 0.2) is 0 Å². The lowest BCUT2D eigenvalue weighted by Gasteiger charge is -2.49. The number of benzene rings is 1. The first-order valence-corrected chi connectivity index (χ1v) is 10.2. The van der Waals surface area contributed by atoms with Crippen LogP contribution in [-0.4, -0.2) is 59.3 Å². The average molecular weight is 410 g/mol. The van der Waals surface area contributed by atoms with Crippen LogP contribution in [0.25, 0.3) is 0 Å². The van der Waals surface area contributed by atoms with Crippen molar-refractivity contribution in [1.82, 2.24) is 4.90 Å². The van der Waals surface area contributed by atoms with Gasteiger partial charge < -0.3 is 15.1 Å². The van der Waals surface area contributed by atoms with E-state index in [0.29, 0.717) is 18.4 Å². The number of halogens is 3. The van der Waals surface area contributed by atoms with Crippen LogP contribution in [0, 0.1) is 5.82 Å². The second-order valence-electron chi connectivity index (χ2n) is 9.03. The number of carbonyl (C=O) groups excluding carboxylic acids is 2. The molecule has 2 N–H and O–H groups in total. The van der Waals surface area contributed by atoms with Gasteiger partial charge in [0.25, 0.3) is 5.91 Å². The number of quaternary nitrogens is 1. The Bertz CT molecular complexity index is 840. The number of amides is 2. The summed E-state index contributed by atoms with van der Waals surface area (Å²) in [4.78, 5) is 26.4. The van der Waals surface area contributed by atoms with E-state index in [1.165, 1.54) is 6.07 Å². The summed E-state index contributed by atoms with van der Waals surface area (Å²) in [5.74, 6) is -4.19. The highest BCUT2D eigenvalue weighted by Gasteiger charge is 2.46. The van der Waals surface area contributed by atoms with Crippen LogP contribution in [0.1, 0.15) is 64.8 Å². The van der Waals surface area contributed by atoms with E-state index in [0.717, 1.165) is 36.5 Å². The lowest BCUT2D eigenvalue weighted by molar-refractivity contribution is -0.939. The summed E-state index contributed by atoms with van der Waals surface area (Å²) in [5.41, 5.74) is 6.00. The molecule has 8 heteroatoms. The third kappa shape index (κ3) is 3.63. The molecule has 4 rings (SSSR count). The number of carbonyl (C=O) groups is 2. The number of hydrogen-bond acceptors (Lipinski definition) is 2. The SMILES string of the molecule is C[N+]1(C2CCC(F)(F)CC2)CCC(N2Cc3cc(F)cc(C(N)=O)c3C2=O)CC1. The molecule has 1 aromatic carbocycles. The molecule has 5 nitrogen and oxygen atoms in total. The van der Waals surface area contributed by atoms with Gasteiger partial charge in [0.2, 0.25) is 11.8 Å². The standard InChI is InChI=1S/C21H26F3N3O2/c1-27(16-2-6-21(23,24)7-3-16)8-4-15(5-9-27)26-12-13-10-14(22)11-17(19(25)28)18(13)20(26)29/h10-11,15-16H,2-9,12H2,1H3,(H-,25,28)/p+1. The van der Waals surface area contributed by atoms with Crippen molar-refractivity contribution in [3.05, 3.63) is 34.6 Å². The first-order chi connectivity index (χ1) is 13.6. The number of primary amides is 1. The van der Waals surface area contributed by atoms with E-state index in [-0.39, 0.29) is 48.5 Å². The van der Waals surface area contributed by atoms with Gasteiger partial charge in [0, 0.05) is 51.1 Å². The van der Waals surface area contributed by atoms with Crippen LogP contribution in [0.2, 0.25) is 0 Å². The Labute approximate surface area is 168 Å². The van der Waals surface area contributed by atoms with Crippen molar-refractivity contribution in [2.24, 2.45) is 5.73 Å². The van der Waals surface area contributed by atoms with Crippen molar-refractivity contribution in [3.8, 4) is 0 Å². The van der Waals surface area contributed by atoms with Gasteiger partial charge in [-0.3, -0.25) is 9.59 Å². The quantitative estimate of drug-likeness (QED) is 0.779. The van der Waals surface area contributed by atoms with Crippen LogP contribution in [0.3, 0.4) is 0 Å². The van der Waals surface area contributed by atoms with Crippen molar-refractivity contribution in [3.63, 3.8) is 0 Å². The summed E-state index contributed by atoms with van der Waals surface area (Å²) < 4.78 is 41.6. The van der Waals surface area contributed by atoms with Crippen molar-refractivity contribution in [1.29, 1.82) is 0 Å². The summed E-state index contributed by atoms with van der Waals surface area (Å²) in [5, 5.41) is 0. The van der Waals surface area contributed by atoms with Crippen LogP contribution in [0.4, 0.5) is 13.2 Å². The molecule has 1 saturated heterocycles. The van der Waals surface area contributed by atoms with Gasteiger partial charge in [-0.25, -0.2) is 13.2 Å². The normalized spacial score (nSPS) is 29.7. The molecule has 0 aromatic heterocycles. The third-order valence-electron chi connectivity index (χ3n) is 7.22. The molecule has 0 atom stereocenters. The fourth-order valence-corrected chi connectivity index (χ4v) is 5.40. The first-order valence-electron chi connectivity index (χ1n) is 10.2. The predicted octanol–water partition coefficient (Wildman–Crippen LogP) is 3.07. The van der Waals surface area contributed by atoms with Crippen LogP contribution < -0.4 is 5.73 Å². The maximum absolute atomic E-state index is 13.8. The Morgan fingerprint density at radius 1 is 1.17 bits per heavy atom. The predicted molar refractivity (Wildman–Crippen MR) is 101 cm³/mol. The molecule has 3 aliphatic rings. The van der Waals surface area contributed by atoms with Gasteiger partial charge in [0.05, 0.1) is 37.3 Å². The van der Waals surface area contributed by atoms with Crippen molar-refractivity contribution >= 4 is 11.8 Å². The van der Waals surface area contributed by atoms with Gasteiger partial charge in [-0.15, -0.1) is 0 Å². The summed E-state index contributed by atoms with van der Waals surface area (Å²) in [6, 6.07) is 2.55. The lowest BCUT2D eigenvalue weighted by Crippen LogP contribution is -2.60. The summed E-state index contributed by atoms with van der Waals surface area (Å²) in [7, 11) is 2.13. The largest absolute Gasteiger partial charge is 0.366 e. The highest BCUT2D eigenvalue weighted by Crippen LogP contribution is 2.39. The smallest absolute Gasteiger partial charge is 0.255 e. The molecule has 0 radical (unpaired) electrons. The molecular formula is C21H27F3N3O2+. The second kappa shape index (κ2) is 7.00. The highest BCUT2D eigenvalue weighted by atomic mass is 19.3. The number of alkyl halides is 2. The van der Waals surface area contributed by atoms with E-state index in [9.17, 15) is 22.8 Å². The Morgan fingerprint density at radius 3 is 2.38 bits per heavy atom. The number of piperidine rings is 1. The third-order valence-corrected chi connectivity index (χ3v) is 7.22. The Balaban J connectivity index is 1.45. The number of nitrogens with two attached hydrogens (primary N) is 1. The highest BCUT2D eigenvalue weighted by molar-refractivity contribution is 6.09. The van der Waals surface area contributed by atoms with Crippen LogP contribution in [0.15, 0.2) is 12.1 Å². The minimum absolute atomic E-state index is 0.00470. The molecule has 2 aliphatic heterocycles. The van der Waals surface area contributed by atoms with E-state index in [4.69, 9.17) is 5.73 Å². The van der Waals surface area contributed by atoms with E-state index < -0.39 is 17.6 Å². The average Bonchev–Trinajstić information content (AvgIpc) is 2.97. The summed E-state index contributed by atoms with van der Waals surface area (Å²) >= 11 is 0. The Kier molecular flexibility index (Phi) is 4.88. The Hall–Kier alpha value is -2.09. The zero-order valence-corrected chi connectivity index (χ0v) is 16.6. The molecule has 2 heterocycles. The molecule has 0 bridgehead atoms. The van der Waals surface area contributed by atoms with Crippen molar-refractivity contribution in [2.75, 3.05) is 20.1 Å². The monoisotopic (exact) mass is 410 g/mol.